The summed E-state index contributed by atoms with van der Waals surface area (Å²) < 4.78 is 1.19. The van der Waals surface area contributed by atoms with E-state index in [1.54, 1.807) is 11.3 Å². The molecule has 0 bridgehead atoms. The van der Waals surface area contributed by atoms with E-state index in [0.717, 1.165) is 21.9 Å². The standard InChI is InChI=1S/C21H16N2S/c1-2-8-16(9-3-1)14-15-17-10-4-5-11-18(17)22-21-23-19-12-6-7-13-20(19)24-21/h1-15H,(H,22,23)/b15-14+. The van der Waals surface area contributed by atoms with Crippen LogP contribution in [0.4, 0.5) is 10.8 Å². The number of hydrogen-bond donors (Lipinski definition) is 1. The Morgan fingerprint density at radius 2 is 1.50 bits per heavy atom. The van der Waals surface area contributed by atoms with Gasteiger partial charge in [-0.1, -0.05) is 84.2 Å². The lowest BCUT2D eigenvalue weighted by atomic mass is 10.1. The Kier molecular flexibility index (Phi) is 4.09. The minimum absolute atomic E-state index is 0.914. The van der Waals surface area contributed by atoms with Crippen molar-refractivity contribution < 1.29 is 0 Å². The van der Waals surface area contributed by atoms with Crippen LogP contribution >= 0.6 is 11.3 Å². The van der Waals surface area contributed by atoms with E-state index >= 15 is 0 Å². The number of rotatable bonds is 4. The highest BCUT2D eigenvalue weighted by Gasteiger charge is 2.05. The van der Waals surface area contributed by atoms with E-state index in [4.69, 9.17) is 0 Å². The number of para-hydroxylation sites is 2. The van der Waals surface area contributed by atoms with Gasteiger partial charge in [0.2, 0.25) is 0 Å². The molecule has 0 atom stereocenters. The summed E-state index contributed by atoms with van der Waals surface area (Å²) in [6.07, 6.45) is 4.25. The highest BCUT2D eigenvalue weighted by molar-refractivity contribution is 7.22. The molecule has 2 nitrogen and oxygen atoms in total. The summed E-state index contributed by atoms with van der Waals surface area (Å²) >= 11 is 1.67. The molecule has 24 heavy (non-hydrogen) atoms. The Morgan fingerprint density at radius 3 is 2.38 bits per heavy atom. The molecule has 0 fully saturated rings. The van der Waals surface area contributed by atoms with Crippen molar-refractivity contribution in [2.24, 2.45) is 0 Å². The van der Waals surface area contributed by atoms with Gasteiger partial charge in [0, 0.05) is 5.69 Å². The molecule has 1 aromatic heterocycles. The maximum Gasteiger partial charge on any atom is 0.188 e. The van der Waals surface area contributed by atoms with Crippen molar-refractivity contribution in [2.75, 3.05) is 5.32 Å². The van der Waals surface area contributed by atoms with E-state index in [0.29, 0.717) is 0 Å². The van der Waals surface area contributed by atoms with Crippen LogP contribution < -0.4 is 5.32 Å². The molecule has 0 radical (unpaired) electrons. The molecule has 0 unspecified atom stereocenters. The van der Waals surface area contributed by atoms with E-state index in [2.05, 4.69) is 52.8 Å². The molecule has 0 aliphatic heterocycles. The number of nitrogens with zero attached hydrogens (tertiary/aromatic N) is 1. The number of anilines is 2. The second-order valence-electron chi connectivity index (χ2n) is 5.44. The summed E-state index contributed by atoms with van der Waals surface area (Å²) in [5, 5.41) is 4.37. The van der Waals surface area contributed by atoms with Crippen molar-refractivity contribution >= 4 is 44.5 Å². The van der Waals surface area contributed by atoms with E-state index in [1.807, 2.05) is 48.5 Å². The minimum Gasteiger partial charge on any atom is -0.331 e. The Hall–Kier alpha value is -2.91. The normalized spacial score (nSPS) is 11.2. The Morgan fingerprint density at radius 1 is 0.750 bits per heavy atom. The van der Waals surface area contributed by atoms with Crippen molar-refractivity contribution in [2.45, 2.75) is 0 Å². The number of fused-ring (bicyclic) bond motifs is 1. The number of aromatic nitrogens is 1. The second-order valence-corrected chi connectivity index (χ2v) is 6.47. The van der Waals surface area contributed by atoms with Crippen LogP contribution in [0, 0.1) is 0 Å². The summed E-state index contributed by atoms with van der Waals surface area (Å²) in [5.41, 5.74) is 4.42. The maximum absolute atomic E-state index is 4.65. The Balaban J connectivity index is 1.62. The van der Waals surface area contributed by atoms with Crippen molar-refractivity contribution in [3.05, 3.63) is 90.0 Å². The third-order valence-electron chi connectivity index (χ3n) is 3.75. The van der Waals surface area contributed by atoms with E-state index in [-0.39, 0.29) is 0 Å². The van der Waals surface area contributed by atoms with Gasteiger partial charge in [0.25, 0.3) is 0 Å². The van der Waals surface area contributed by atoms with Crippen LogP contribution in [0.2, 0.25) is 0 Å². The first-order valence-electron chi connectivity index (χ1n) is 7.83. The van der Waals surface area contributed by atoms with Gasteiger partial charge < -0.3 is 5.32 Å². The number of thiazole rings is 1. The van der Waals surface area contributed by atoms with E-state index in [9.17, 15) is 0 Å². The number of hydrogen-bond acceptors (Lipinski definition) is 3. The smallest absolute Gasteiger partial charge is 0.188 e. The van der Waals surface area contributed by atoms with Gasteiger partial charge in [-0.3, -0.25) is 0 Å². The molecule has 1 heterocycles. The van der Waals surface area contributed by atoms with Crippen LogP contribution in [0.1, 0.15) is 11.1 Å². The average molecular weight is 328 g/mol. The van der Waals surface area contributed by atoms with Crippen molar-refractivity contribution in [3.63, 3.8) is 0 Å². The lowest BCUT2D eigenvalue weighted by Gasteiger charge is -2.06. The largest absolute Gasteiger partial charge is 0.331 e. The van der Waals surface area contributed by atoms with Crippen molar-refractivity contribution in [1.29, 1.82) is 0 Å². The van der Waals surface area contributed by atoms with Crippen LogP contribution in [0.3, 0.4) is 0 Å². The molecule has 0 spiro atoms. The summed E-state index contributed by atoms with van der Waals surface area (Å²) in [6.45, 7) is 0. The summed E-state index contributed by atoms with van der Waals surface area (Å²) in [7, 11) is 0. The summed E-state index contributed by atoms with van der Waals surface area (Å²) in [5.74, 6) is 0. The highest BCUT2D eigenvalue weighted by Crippen LogP contribution is 2.29. The molecule has 0 saturated heterocycles. The first-order chi connectivity index (χ1) is 11.9. The number of benzene rings is 3. The molecule has 3 aromatic carbocycles. The van der Waals surface area contributed by atoms with E-state index in [1.165, 1.54) is 10.3 Å². The van der Waals surface area contributed by atoms with Crippen molar-refractivity contribution in [1.82, 2.24) is 4.98 Å². The molecule has 0 aliphatic rings. The van der Waals surface area contributed by atoms with Gasteiger partial charge in [-0.15, -0.1) is 0 Å². The molecule has 4 aromatic rings. The molecule has 4 rings (SSSR count). The third-order valence-corrected chi connectivity index (χ3v) is 4.70. The van der Waals surface area contributed by atoms with Crippen LogP contribution in [-0.4, -0.2) is 4.98 Å². The molecule has 0 saturated carbocycles. The SMILES string of the molecule is C(=C\c1ccccc1Nc1nc2ccccc2s1)/c1ccccc1. The van der Waals surface area contributed by atoms with Gasteiger partial charge >= 0.3 is 0 Å². The van der Waals surface area contributed by atoms with E-state index < -0.39 is 0 Å². The zero-order valence-electron chi connectivity index (χ0n) is 13.0. The number of nitrogens with one attached hydrogen (secondary N) is 1. The predicted molar refractivity (Wildman–Crippen MR) is 105 cm³/mol. The molecule has 1 N–H and O–H groups in total. The fraction of sp³-hybridized carbons (Fsp3) is 0. The second kappa shape index (κ2) is 6.69. The minimum atomic E-state index is 0.914. The first kappa shape index (κ1) is 14.7. The van der Waals surface area contributed by atoms with Gasteiger partial charge in [-0.2, -0.15) is 0 Å². The fourth-order valence-corrected chi connectivity index (χ4v) is 3.43. The van der Waals surface area contributed by atoms with Crippen LogP contribution in [0.25, 0.3) is 22.4 Å². The van der Waals surface area contributed by atoms with Gasteiger partial charge in [0.1, 0.15) is 0 Å². The van der Waals surface area contributed by atoms with Crippen LogP contribution in [-0.2, 0) is 0 Å². The molecular weight excluding hydrogens is 312 g/mol. The maximum atomic E-state index is 4.65. The third kappa shape index (κ3) is 3.21. The van der Waals surface area contributed by atoms with Gasteiger partial charge in [0.05, 0.1) is 10.2 Å². The highest BCUT2D eigenvalue weighted by atomic mass is 32.1. The summed E-state index contributed by atoms with van der Waals surface area (Å²) in [6, 6.07) is 26.8. The van der Waals surface area contributed by atoms with Gasteiger partial charge in [-0.25, -0.2) is 4.98 Å². The quantitative estimate of drug-likeness (QED) is 0.450. The lowest BCUT2D eigenvalue weighted by molar-refractivity contribution is 1.44. The zero-order valence-corrected chi connectivity index (χ0v) is 13.8. The molecule has 0 amide bonds. The zero-order chi connectivity index (χ0) is 16.2. The fourth-order valence-electron chi connectivity index (χ4n) is 2.55. The van der Waals surface area contributed by atoms with Crippen molar-refractivity contribution in [3.8, 4) is 0 Å². The van der Waals surface area contributed by atoms with Crippen LogP contribution in [0.15, 0.2) is 78.9 Å². The lowest BCUT2D eigenvalue weighted by Crippen LogP contribution is -1.91. The molecular formula is C21H16N2S. The summed E-state index contributed by atoms with van der Waals surface area (Å²) in [4.78, 5) is 4.65. The monoisotopic (exact) mass is 328 g/mol. The average Bonchev–Trinajstić information content (AvgIpc) is 3.04. The molecule has 3 heteroatoms. The predicted octanol–water partition coefficient (Wildman–Crippen LogP) is 6.21. The first-order valence-corrected chi connectivity index (χ1v) is 8.65. The Labute approximate surface area is 145 Å². The van der Waals surface area contributed by atoms with Gasteiger partial charge in [-0.05, 0) is 29.3 Å². The Bertz CT molecular complexity index is 954. The van der Waals surface area contributed by atoms with Gasteiger partial charge in [0.15, 0.2) is 5.13 Å². The topological polar surface area (TPSA) is 24.9 Å². The van der Waals surface area contributed by atoms with Crippen LogP contribution in [0.5, 0.6) is 0 Å². The molecule has 0 aliphatic carbocycles. The molecule has 116 valence electrons.